The van der Waals surface area contributed by atoms with Gasteiger partial charge in [-0.2, -0.15) is 5.26 Å². The largest absolute Gasteiger partial charge is 0.303 e. The van der Waals surface area contributed by atoms with Crippen molar-refractivity contribution in [1.82, 2.24) is 15.2 Å². The summed E-state index contributed by atoms with van der Waals surface area (Å²) in [6, 6.07) is 8.23. The number of rotatable bonds is 6. The van der Waals surface area contributed by atoms with Gasteiger partial charge in [0.15, 0.2) is 0 Å². The molecular weight excluding hydrogens is 212 g/mol. The van der Waals surface area contributed by atoms with Gasteiger partial charge in [0.1, 0.15) is 5.54 Å². The highest BCUT2D eigenvalue weighted by molar-refractivity contribution is 5.06. The Labute approximate surface area is 103 Å². The molecule has 0 aromatic carbocycles. The number of aromatic nitrogens is 1. The summed E-state index contributed by atoms with van der Waals surface area (Å²) in [5, 5.41) is 12.1. The maximum absolute atomic E-state index is 9.07. The van der Waals surface area contributed by atoms with Gasteiger partial charge in [-0.25, -0.2) is 0 Å². The van der Waals surface area contributed by atoms with E-state index in [-0.39, 0.29) is 0 Å². The molecule has 1 aromatic heterocycles. The summed E-state index contributed by atoms with van der Waals surface area (Å²) in [5.74, 6) is 0. The minimum atomic E-state index is -0.487. The maximum atomic E-state index is 9.07. The molecular formula is C13H20N4. The molecule has 0 saturated carbocycles. The van der Waals surface area contributed by atoms with E-state index in [1.807, 2.05) is 45.4 Å². The van der Waals surface area contributed by atoms with E-state index in [9.17, 15) is 0 Å². The Bertz CT molecular complexity index is 371. The molecule has 0 radical (unpaired) electrons. The Balaban J connectivity index is 2.41. The summed E-state index contributed by atoms with van der Waals surface area (Å²) in [6.45, 7) is 3.51. The Morgan fingerprint density at radius 2 is 2.29 bits per heavy atom. The first-order valence-electron chi connectivity index (χ1n) is 5.78. The zero-order chi connectivity index (χ0) is 12.7. The Kier molecular flexibility index (Phi) is 5.08. The first kappa shape index (κ1) is 13.6. The first-order chi connectivity index (χ1) is 8.09. The van der Waals surface area contributed by atoms with Gasteiger partial charge in [0.2, 0.25) is 0 Å². The Morgan fingerprint density at radius 1 is 1.53 bits per heavy atom. The van der Waals surface area contributed by atoms with Crippen molar-refractivity contribution in [3.63, 3.8) is 0 Å². The third-order valence-corrected chi connectivity index (χ3v) is 2.86. The van der Waals surface area contributed by atoms with Gasteiger partial charge >= 0.3 is 0 Å². The molecule has 0 fully saturated rings. The highest BCUT2D eigenvalue weighted by Gasteiger charge is 2.22. The summed E-state index contributed by atoms with van der Waals surface area (Å²) < 4.78 is 0. The van der Waals surface area contributed by atoms with Crippen LogP contribution < -0.4 is 5.32 Å². The predicted molar refractivity (Wildman–Crippen MR) is 68.5 cm³/mol. The lowest BCUT2D eigenvalue weighted by Crippen LogP contribution is -2.48. The normalized spacial score (nSPS) is 14.3. The van der Waals surface area contributed by atoms with E-state index in [0.717, 1.165) is 18.7 Å². The molecule has 1 atom stereocenters. The average molecular weight is 232 g/mol. The van der Waals surface area contributed by atoms with Crippen LogP contribution in [0.25, 0.3) is 0 Å². The molecule has 0 amide bonds. The number of hydrogen-bond donors (Lipinski definition) is 1. The molecule has 0 aliphatic rings. The van der Waals surface area contributed by atoms with Crippen LogP contribution >= 0.6 is 0 Å². The monoisotopic (exact) mass is 232 g/mol. The Morgan fingerprint density at radius 3 is 2.82 bits per heavy atom. The average Bonchev–Trinajstić information content (AvgIpc) is 2.37. The maximum Gasteiger partial charge on any atom is 0.116 e. The van der Waals surface area contributed by atoms with Crippen LogP contribution in [-0.2, 0) is 6.42 Å². The second-order valence-electron chi connectivity index (χ2n) is 4.50. The minimum Gasteiger partial charge on any atom is -0.303 e. The van der Waals surface area contributed by atoms with E-state index >= 15 is 0 Å². The van der Waals surface area contributed by atoms with Crippen molar-refractivity contribution in [2.45, 2.75) is 18.9 Å². The molecule has 4 nitrogen and oxygen atoms in total. The van der Waals surface area contributed by atoms with E-state index in [4.69, 9.17) is 5.26 Å². The van der Waals surface area contributed by atoms with Crippen molar-refractivity contribution in [2.75, 3.05) is 27.2 Å². The van der Waals surface area contributed by atoms with E-state index in [1.54, 1.807) is 0 Å². The Hall–Kier alpha value is -1.44. The fraction of sp³-hybridized carbons (Fsp3) is 0.538. The van der Waals surface area contributed by atoms with Gasteiger partial charge in [-0.3, -0.25) is 4.98 Å². The van der Waals surface area contributed by atoms with Crippen molar-refractivity contribution in [2.24, 2.45) is 0 Å². The summed E-state index contributed by atoms with van der Waals surface area (Å²) in [5.41, 5.74) is 0.598. The summed E-state index contributed by atoms with van der Waals surface area (Å²) in [6.07, 6.45) is 2.71. The molecule has 0 spiro atoms. The molecule has 1 N–H and O–H groups in total. The van der Waals surface area contributed by atoms with Crippen LogP contribution in [-0.4, -0.2) is 42.6 Å². The van der Waals surface area contributed by atoms with Gasteiger partial charge in [0.05, 0.1) is 6.07 Å². The van der Waals surface area contributed by atoms with Crippen molar-refractivity contribution in [3.05, 3.63) is 30.1 Å². The number of nitrogens with zero attached hydrogens (tertiary/aromatic N) is 3. The third kappa shape index (κ3) is 4.51. The third-order valence-electron chi connectivity index (χ3n) is 2.86. The van der Waals surface area contributed by atoms with Gasteiger partial charge in [0, 0.05) is 31.4 Å². The molecule has 17 heavy (non-hydrogen) atoms. The van der Waals surface area contributed by atoms with Crippen molar-refractivity contribution < 1.29 is 0 Å². The van der Waals surface area contributed by atoms with Gasteiger partial charge in [-0.15, -0.1) is 0 Å². The van der Waals surface area contributed by atoms with Crippen LogP contribution in [0.3, 0.4) is 0 Å². The zero-order valence-electron chi connectivity index (χ0n) is 10.8. The van der Waals surface area contributed by atoms with Gasteiger partial charge < -0.3 is 10.2 Å². The molecule has 92 valence electrons. The van der Waals surface area contributed by atoms with Crippen LogP contribution in [0, 0.1) is 11.3 Å². The number of hydrogen-bond acceptors (Lipinski definition) is 4. The topological polar surface area (TPSA) is 52.0 Å². The van der Waals surface area contributed by atoms with Gasteiger partial charge in [0.25, 0.3) is 0 Å². The van der Waals surface area contributed by atoms with E-state index in [1.165, 1.54) is 0 Å². The molecule has 1 aromatic rings. The molecule has 0 saturated heterocycles. The SMILES string of the molecule is CNC(C)(C#N)CN(C)CCc1ccccn1. The van der Waals surface area contributed by atoms with Crippen LogP contribution in [0.1, 0.15) is 12.6 Å². The van der Waals surface area contributed by atoms with Crippen LogP contribution in [0.4, 0.5) is 0 Å². The van der Waals surface area contributed by atoms with Gasteiger partial charge in [-0.1, -0.05) is 6.07 Å². The number of nitriles is 1. The second-order valence-corrected chi connectivity index (χ2v) is 4.50. The quantitative estimate of drug-likeness (QED) is 0.796. The molecule has 0 bridgehead atoms. The zero-order valence-corrected chi connectivity index (χ0v) is 10.8. The van der Waals surface area contributed by atoms with E-state index in [2.05, 4.69) is 21.3 Å². The first-order valence-corrected chi connectivity index (χ1v) is 5.78. The molecule has 0 aliphatic carbocycles. The minimum absolute atomic E-state index is 0.487. The van der Waals surface area contributed by atoms with Crippen LogP contribution in [0.5, 0.6) is 0 Å². The number of nitrogens with one attached hydrogen (secondary N) is 1. The standard InChI is InChI=1S/C13H20N4/c1-13(10-14,15-2)11-17(3)9-7-12-6-4-5-8-16-12/h4-6,8,15H,7,9,11H2,1-3H3. The van der Waals surface area contributed by atoms with Crippen LogP contribution in [0.15, 0.2) is 24.4 Å². The predicted octanol–water partition coefficient (Wildman–Crippen LogP) is 1.06. The number of pyridine rings is 1. The summed E-state index contributed by atoms with van der Waals surface area (Å²) in [4.78, 5) is 6.43. The van der Waals surface area contributed by atoms with Crippen molar-refractivity contribution in [1.29, 1.82) is 5.26 Å². The lowest BCUT2D eigenvalue weighted by atomic mass is 10.0. The molecule has 1 unspecified atom stereocenters. The smallest absolute Gasteiger partial charge is 0.116 e. The number of likely N-dealkylation sites (N-methyl/N-ethyl adjacent to an activating group) is 2. The van der Waals surface area contributed by atoms with Crippen LogP contribution in [0.2, 0.25) is 0 Å². The molecule has 0 aliphatic heterocycles. The highest BCUT2D eigenvalue weighted by atomic mass is 15.1. The second kappa shape index (κ2) is 6.33. The van der Waals surface area contributed by atoms with E-state index in [0.29, 0.717) is 6.54 Å². The van der Waals surface area contributed by atoms with Crippen molar-refractivity contribution in [3.8, 4) is 6.07 Å². The fourth-order valence-electron chi connectivity index (χ4n) is 1.64. The summed E-state index contributed by atoms with van der Waals surface area (Å²) >= 11 is 0. The molecule has 4 heteroatoms. The lowest BCUT2D eigenvalue weighted by molar-refractivity contribution is 0.270. The molecule has 1 rings (SSSR count). The highest BCUT2D eigenvalue weighted by Crippen LogP contribution is 2.04. The lowest BCUT2D eigenvalue weighted by Gasteiger charge is -2.27. The van der Waals surface area contributed by atoms with E-state index < -0.39 is 5.54 Å². The van der Waals surface area contributed by atoms with Crippen molar-refractivity contribution >= 4 is 0 Å². The summed E-state index contributed by atoms with van der Waals surface area (Å²) in [7, 11) is 3.84. The fourth-order valence-corrected chi connectivity index (χ4v) is 1.64. The van der Waals surface area contributed by atoms with Gasteiger partial charge in [-0.05, 0) is 33.2 Å². The molecule has 1 heterocycles.